The third kappa shape index (κ3) is 4.58. The highest BCUT2D eigenvalue weighted by Gasteiger charge is 2.39. The first-order valence-electron chi connectivity index (χ1n) is 11.1. The second-order valence-corrected chi connectivity index (χ2v) is 9.58. The smallest absolute Gasteiger partial charge is 0.278 e. The molecule has 5 nitrogen and oxygen atoms in total. The second kappa shape index (κ2) is 8.66. The van der Waals surface area contributed by atoms with Gasteiger partial charge in [0.15, 0.2) is 0 Å². The first-order chi connectivity index (χ1) is 15.6. The number of pyridine rings is 1. The number of amides is 2. The lowest BCUT2D eigenvalue weighted by molar-refractivity contribution is -0.137. The van der Waals surface area contributed by atoms with E-state index in [-0.39, 0.29) is 23.8 Å². The van der Waals surface area contributed by atoms with E-state index >= 15 is 0 Å². The van der Waals surface area contributed by atoms with Gasteiger partial charge in [-0.15, -0.1) is 0 Å². The SMILES string of the molecule is Cc1ccc(C2=C(Nc3ccc(C(C)(C)C)cc3)C(=O)N(Cc3cccnc3)C2=O)c(C)c1. The summed E-state index contributed by atoms with van der Waals surface area (Å²) in [6.45, 7) is 10.6. The van der Waals surface area contributed by atoms with Crippen LogP contribution in [0, 0.1) is 13.8 Å². The van der Waals surface area contributed by atoms with Crippen LogP contribution in [-0.2, 0) is 21.5 Å². The standard InChI is InChI=1S/C28H29N3O2/c1-18-8-13-23(19(2)15-18)24-25(30-22-11-9-21(10-12-22)28(3,4)5)27(33)31(26(24)32)17-20-7-6-14-29-16-20/h6-16,30H,17H2,1-5H3. The third-order valence-corrected chi connectivity index (χ3v) is 5.90. The van der Waals surface area contributed by atoms with Gasteiger partial charge in [0.25, 0.3) is 11.8 Å². The maximum Gasteiger partial charge on any atom is 0.278 e. The second-order valence-electron chi connectivity index (χ2n) is 9.58. The van der Waals surface area contributed by atoms with Gasteiger partial charge in [0.2, 0.25) is 0 Å². The number of hydrogen-bond donors (Lipinski definition) is 1. The molecule has 0 saturated carbocycles. The zero-order chi connectivity index (χ0) is 23.8. The first-order valence-corrected chi connectivity index (χ1v) is 11.1. The van der Waals surface area contributed by atoms with Gasteiger partial charge in [-0.05, 0) is 59.7 Å². The molecule has 0 unspecified atom stereocenters. The minimum atomic E-state index is -0.335. The van der Waals surface area contributed by atoms with Gasteiger partial charge in [-0.1, -0.05) is 62.7 Å². The lowest BCUT2D eigenvalue weighted by Crippen LogP contribution is -2.32. The van der Waals surface area contributed by atoms with Crippen molar-refractivity contribution >= 4 is 23.1 Å². The summed E-state index contributed by atoms with van der Waals surface area (Å²) < 4.78 is 0. The van der Waals surface area contributed by atoms with E-state index in [0.717, 1.165) is 27.9 Å². The third-order valence-electron chi connectivity index (χ3n) is 5.90. The van der Waals surface area contributed by atoms with E-state index in [0.29, 0.717) is 11.3 Å². The summed E-state index contributed by atoms with van der Waals surface area (Å²) in [4.78, 5) is 32.4. The molecule has 0 spiro atoms. The van der Waals surface area contributed by atoms with Crippen molar-refractivity contribution in [3.63, 3.8) is 0 Å². The van der Waals surface area contributed by atoms with E-state index in [1.807, 2.05) is 62.4 Å². The van der Waals surface area contributed by atoms with E-state index in [1.165, 1.54) is 10.5 Å². The van der Waals surface area contributed by atoms with Gasteiger partial charge in [-0.3, -0.25) is 19.5 Å². The first kappa shape index (κ1) is 22.5. The predicted octanol–water partition coefficient (Wildman–Crippen LogP) is 5.39. The van der Waals surface area contributed by atoms with Crippen LogP contribution >= 0.6 is 0 Å². The summed E-state index contributed by atoms with van der Waals surface area (Å²) in [5.41, 5.74) is 6.33. The van der Waals surface area contributed by atoms with Gasteiger partial charge >= 0.3 is 0 Å². The normalized spacial score (nSPS) is 14.3. The lowest BCUT2D eigenvalue weighted by atomic mass is 9.87. The maximum atomic E-state index is 13.5. The number of anilines is 1. The molecule has 2 heterocycles. The Labute approximate surface area is 195 Å². The van der Waals surface area contributed by atoms with Crippen LogP contribution in [0.2, 0.25) is 0 Å². The number of aryl methyl sites for hydroxylation is 2. The number of nitrogens with zero attached hydrogens (tertiary/aromatic N) is 2. The molecule has 0 radical (unpaired) electrons. The molecule has 0 atom stereocenters. The Bertz CT molecular complexity index is 1240. The average Bonchev–Trinajstić information content (AvgIpc) is 2.99. The molecule has 5 heteroatoms. The molecule has 1 aromatic heterocycles. The summed E-state index contributed by atoms with van der Waals surface area (Å²) in [6, 6.07) is 17.6. The van der Waals surface area contributed by atoms with Crippen molar-refractivity contribution in [2.75, 3.05) is 5.32 Å². The molecule has 4 rings (SSSR count). The van der Waals surface area contributed by atoms with Crippen LogP contribution in [-0.4, -0.2) is 21.7 Å². The van der Waals surface area contributed by atoms with Gasteiger partial charge < -0.3 is 5.32 Å². The fourth-order valence-corrected chi connectivity index (χ4v) is 4.05. The number of nitrogens with one attached hydrogen (secondary N) is 1. The van der Waals surface area contributed by atoms with Crippen LogP contribution in [0.25, 0.3) is 5.57 Å². The highest BCUT2D eigenvalue weighted by atomic mass is 16.2. The Morgan fingerprint density at radius 3 is 2.27 bits per heavy atom. The number of rotatable bonds is 5. The molecule has 1 N–H and O–H groups in total. The van der Waals surface area contributed by atoms with Gasteiger partial charge in [-0.2, -0.15) is 0 Å². The largest absolute Gasteiger partial charge is 0.350 e. The summed E-state index contributed by atoms with van der Waals surface area (Å²) in [5.74, 6) is -0.636. The average molecular weight is 440 g/mol. The monoisotopic (exact) mass is 439 g/mol. The molecule has 168 valence electrons. The number of aromatic nitrogens is 1. The summed E-state index contributed by atoms with van der Waals surface area (Å²) in [6.07, 6.45) is 3.35. The summed E-state index contributed by atoms with van der Waals surface area (Å²) in [7, 11) is 0. The predicted molar refractivity (Wildman–Crippen MR) is 131 cm³/mol. The molecule has 0 fully saturated rings. The molecule has 1 aliphatic rings. The Kier molecular flexibility index (Phi) is 5.90. The quantitative estimate of drug-likeness (QED) is 0.542. The van der Waals surface area contributed by atoms with Crippen LogP contribution in [0.15, 0.2) is 72.7 Å². The van der Waals surface area contributed by atoms with Crippen LogP contribution in [0.3, 0.4) is 0 Å². The van der Waals surface area contributed by atoms with Gasteiger partial charge in [0.05, 0.1) is 12.1 Å². The van der Waals surface area contributed by atoms with Crippen molar-refractivity contribution in [3.05, 3.63) is 101 Å². The Morgan fingerprint density at radius 1 is 0.939 bits per heavy atom. The van der Waals surface area contributed by atoms with Crippen molar-refractivity contribution in [1.29, 1.82) is 0 Å². The van der Waals surface area contributed by atoms with E-state index in [1.54, 1.807) is 18.5 Å². The number of benzene rings is 2. The molecule has 0 saturated heterocycles. The topological polar surface area (TPSA) is 62.3 Å². The number of hydrogen-bond acceptors (Lipinski definition) is 4. The molecule has 0 aliphatic carbocycles. The van der Waals surface area contributed by atoms with Crippen LogP contribution in [0.5, 0.6) is 0 Å². The Balaban J connectivity index is 1.75. The summed E-state index contributed by atoms with van der Waals surface area (Å²) in [5, 5.41) is 3.26. The van der Waals surface area contributed by atoms with E-state index < -0.39 is 0 Å². The highest BCUT2D eigenvalue weighted by Crippen LogP contribution is 2.34. The van der Waals surface area contributed by atoms with Gasteiger partial charge in [0.1, 0.15) is 5.70 Å². The zero-order valence-electron chi connectivity index (χ0n) is 19.8. The van der Waals surface area contributed by atoms with Crippen molar-refractivity contribution in [2.24, 2.45) is 0 Å². The van der Waals surface area contributed by atoms with Crippen molar-refractivity contribution in [2.45, 2.75) is 46.6 Å². The molecule has 2 aromatic carbocycles. The molecule has 0 bridgehead atoms. The fourth-order valence-electron chi connectivity index (χ4n) is 4.05. The molecular weight excluding hydrogens is 410 g/mol. The van der Waals surface area contributed by atoms with Crippen molar-refractivity contribution < 1.29 is 9.59 Å². The van der Waals surface area contributed by atoms with Crippen molar-refractivity contribution in [1.82, 2.24) is 9.88 Å². The Hall–Kier alpha value is -3.73. The van der Waals surface area contributed by atoms with Gasteiger partial charge in [-0.25, -0.2) is 0 Å². The van der Waals surface area contributed by atoms with E-state index in [2.05, 4.69) is 31.1 Å². The van der Waals surface area contributed by atoms with Gasteiger partial charge in [0, 0.05) is 18.1 Å². The maximum absolute atomic E-state index is 13.5. The zero-order valence-corrected chi connectivity index (χ0v) is 19.8. The van der Waals surface area contributed by atoms with Crippen LogP contribution in [0.1, 0.15) is 48.6 Å². The van der Waals surface area contributed by atoms with E-state index in [9.17, 15) is 9.59 Å². The minimum Gasteiger partial charge on any atom is -0.350 e. The number of carbonyl (C=O) groups excluding carboxylic acids is 2. The molecule has 3 aromatic rings. The van der Waals surface area contributed by atoms with Crippen LogP contribution in [0.4, 0.5) is 5.69 Å². The number of carbonyl (C=O) groups is 2. The van der Waals surface area contributed by atoms with Crippen molar-refractivity contribution in [3.8, 4) is 0 Å². The highest BCUT2D eigenvalue weighted by molar-refractivity contribution is 6.36. The Morgan fingerprint density at radius 2 is 1.67 bits per heavy atom. The number of imide groups is 1. The lowest BCUT2D eigenvalue weighted by Gasteiger charge is -2.19. The van der Waals surface area contributed by atoms with Crippen LogP contribution < -0.4 is 5.32 Å². The molecule has 2 amide bonds. The fraction of sp³-hybridized carbons (Fsp3) is 0.250. The van der Waals surface area contributed by atoms with E-state index in [4.69, 9.17) is 0 Å². The molecule has 33 heavy (non-hydrogen) atoms. The molecular formula is C28H29N3O2. The minimum absolute atomic E-state index is 0.0294. The molecule has 1 aliphatic heterocycles. The summed E-state index contributed by atoms with van der Waals surface area (Å²) >= 11 is 0.